The number of carbonyl (C=O) groups is 4. The SMILES string of the molecule is CN1CCN(c2ccc3ncc(/C(C=N)=C/NC4CC(Nc5ccc6c(c5)C(=O)N(C5CCC(=O)NC5=O)C6=O)C4)nc3c2)CC1. The fourth-order valence-corrected chi connectivity index (χ4v) is 6.47. The highest BCUT2D eigenvalue weighted by Gasteiger charge is 2.44. The van der Waals surface area contributed by atoms with Gasteiger partial charge in [-0.15, -0.1) is 0 Å². The molecule has 4 amide bonds. The van der Waals surface area contributed by atoms with Crippen LogP contribution in [-0.2, 0) is 9.59 Å². The smallest absolute Gasteiger partial charge is 0.262 e. The molecule has 3 aromatic rings. The maximum atomic E-state index is 13.1. The van der Waals surface area contributed by atoms with Gasteiger partial charge in [-0.1, -0.05) is 0 Å². The molecule has 0 spiro atoms. The van der Waals surface area contributed by atoms with Crippen molar-refractivity contribution in [2.24, 2.45) is 0 Å². The number of likely N-dealkylation sites (N-methyl/N-ethyl adjacent to an activating group) is 1. The zero-order valence-corrected chi connectivity index (χ0v) is 25.5. The molecular formula is C33H35N9O4. The molecule has 1 atom stereocenters. The second-order valence-corrected chi connectivity index (χ2v) is 12.3. The van der Waals surface area contributed by atoms with Gasteiger partial charge in [0.2, 0.25) is 11.8 Å². The van der Waals surface area contributed by atoms with Crippen molar-refractivity contribution in [1.29, 1.82) is 5.41 Å². The zero-order chi connectivity index (χ0) is 31.9. The van der Waals surface area contributed by atoms with Gasteiger partial charge in [-0.3, -0.25) is 34.4 Å². The molecule has 1 unspecified atom stereocenters. The Morgan fingerprint density at radius 2 is 1.74 bits per heavy atom. The van der Waals surface area contributed by atoms with E-state index < -0.39 is 29.7 Å². The molecule has 13 nitrogen and oxygen atoms in total. The maximum absolute atomic E-state index is 13.1. The monoisotopic (exact) mass is 621 g/mol. The number of hydrogen-bond donors (Lipinski definition) is 4. The Kier molecular flexibility index (Phi) is 7.69. The van der Waals surface area contributed by atoms with Crippen molar-refractivity contribution in [3.05, 3.63) is 65.6 Å². The standard InChI is InChI=1S/C33H35N9O4/c1-40-8-10-41(11-9-40)23-3-5-26-27(15-23)38-28(18-36-26)19(16-34)17-35-21-12-22(13-21)37-20-2-4-24-25(14-20)33(46)42(32(24)45)29-6-7-30(43)39-31(29)44/h2-5,14-18,21-22,29,34-35,37H,6-13H2,1H3,(H,39,43,44)/b19-17+,34-16?. The highest BCUT2D eigenvalue weighted by atomic mass is 16.2. The number of carbonyl (C=O) groups excluding carboxylic acids is 4. The van der Waals surface area contributed by atoms with Gasteiger partial charge in [0.15, 0.2) is 0 Å². The molecule has 7 rings (SSSR count). The van der Waals surface area contributed by atoms with Crippen LogP contribution in [0.25, 0.3) is 16.6 Å². The topological polar surface area (TPSA) is 164 Å². The number of rotatable bonds is 8. The molecule has 236 valence electrons. The van der Waals surface area contributed by atoms with Crippen LogP contribution in [0, 0.1) is 5.41 Å². The average molecular weight is 622 g/mol. The van der Waals surface area contributed by atoms with Gasteiger partial charge in [0.25, 0.3) is 11.8 Å². The lowest BCUT2D eigenvalue weighted by molar-refractivity contribution is -0.136. The summed E-state index contributed by atoms with van der Waals surface area (Å²) in [6, 6.07) is 10.5. The number of amides is 4. The largest absolute Gasteiger partial charge is 0.387 e. The summed E-state index contributed by atoms with van der Waals surface area (Å²) in [6.07, 6.45) is 6.62. The minimum absolute atomic E-state index is 0.0810. The van der Waals surface area contributed by atoms with Gasteiger partial charge in [0.05, 0.1) is 34.1 Å². The van der Waals surface area contributed by atoms with Crippen LogP contribution < -0.4 is 20.9 Å². The summed E-state index contributed by atoms with van der Waals surface area (Å²) in [5, 5.41) is 17.1. The molecule has 2 aromatic carbocycles. The summed E-state index contributed by atoms with van der Waals surface area (Å²) in [5.41, 5.74) is 5.22. The third kappa shape index (κ3) is 5.58. The number of piperidine rings is 1. The van der Waals surface area contributed by atoms with Gasteiger partial charge in [0, 0.05) is 74.0 Å². The third-order valence-corrected chi connectivity index (χ3v) is 9.27. The van der Waals surface area contributed by atoms with Crippen LogP contribution in [-0.4, -0.2) is 101 Å². The van der Waals surface area contributed by atoms with E-state index in [-0.39, 0.29) is 36.1 Å². The van der Waals surface area contributed by atoms with Crippen LogP contribution in [0.2, 0.25) is 0 Å². The molecule has 13 heteroatoms. The van der Waals surface area contributed by atoms with Gasteiger partial charge < -0.3 is 25.8 Å². The highest BCUT2D eigenvalue weighted by molar-refractivity contribution is 6.23. The first kappa shape index (κ1) is 29.5. The van der Waals surface area contributed by atoms with Gasteiger partial charge in [-0.25, -0.2) is 4.98 Å². The number of fused-ring (bicyclic) bond motifs is 2. The predicted molar refractivity (Wildman–Crippen MR) is 173 cm³/mol. The summed E-state index contributed by atoms with van der Waals surface area (Å²) in [7, 11) is 2.14. The molecule has 0 radical (unpaired) electrons. The van der Waals surface area contributed by atoms with E-state index in [1.165, 1.54) is 6.21 Å². The summed E-state index contributed by atoms with van der Waals surface area (Å²) in [6.45, 7) is 3.98. The van der Waals surface area contributed by atoms with Gasteiger partial charge >= 0.3 is 0 Å². The Morgan fingerprint density at radius 3 is 2.50 bits per heavy atom. The summed E-state index contributed by atoms with van der Waals surface area (Å²) < 4.78 is 0. The minimum Gasteiger partial charge on any atom is -0.387 e. The lowest BCUT2D eigenvalue weighted by atomic mass is 9.86. The number of benzene rings is 2. The van der Waals surface area contributed by atoms with Crippen LogP contribution >= 0.6 is 0 Å². The van der Waals surface area contributed by atoms with Crippen molar-refractivity contribution in [3.63, 3.8) is 0 Å². The van der Waals surface area contributed by atoms with Crippen LogP contribution in [0.15, 0.2) is 48.8 Å². The van der Waals surface area contributed by atoms with Crippen LogP contribution in [0.1, 0.15) is 52.1 Å². The number of anilines is 2. The first-order chi connectivity index (χ1) is 22.3. The van der Waals surface area contributed by atoms with E-state index >= 15 is 0 Å². The van der Waals surface area contributed by atoms with Gasteiger partial charge in [-0.05, 0) is 62.7 Å². The van der Waals surface area contributed by atoms with E-state index in [1.54, 1.807) is 24.4 Å². The fraction of sp³-hybridized carbons (Fsp3) is 0.364. The Labute approximate surface area is 265 Å². The number of hydrogen-bond acceptors (Lipinski definition) is 11. The normalized spacial score (nSPS) is 23.7. The molecule has 1 aromatic heterocycles. The summed E-state index contributed by atoms with van der Waals surface area (Å²) in [4.78, 5) is 65.0. The van der Waals surface area contributed by atoms with Crippen LogP contribution in [0.4, 0.5) is 11.4 Å². The number of imide groups is 2. The zero-order valence-electron chi connectivity index (χ0n) is 25.5. The van der Waals surface area contributed by atoms with Gasteiger partial charge in [0.1, 0.15) is 6.04 Å². The predicted octanol–water partition coefficient (Wildman–Crippen LogP) is 2.01. The summed E-state index contributed by atoms with van der Waals surface area (Å²) in [5.74, 6) is -2.07. The number of nitrogens with one attached hydrogen (secondary N) is 4. The van der Waals surface area contributed by atoms with Crippen molar-refractivity contribution >= 4 is 57.8 Å². The Bertz CT molecular complexity index is 1790. The quantitative estimate of drug-likeness (QED) is 0.216. The lowest BCUT2D eigenvalue weighted by Crippen LogP contribution is -2.54. The molecule has 4 N–H and O–H groups in total. The molecule has 1 aliphatic carbocycles. The van der Waals surface area contributed by atoms with Crippen molar-refractivity contribution in [2.45, 2.75) is 43.8 Å². The van der Waals surface area contributed by atoms with Crippen LogP contribution in [0.5, 0.6) is 0 Å². The van der Waals surface area contributed by atoms with E-state index in [2.05, 4.69) is 49.9 Å². The molecule has 0 bridgehead atoms. The number of piperazine rings is 1. The van der Waals surface area contributed by atoms with E-state index in [1.807, 2.05) is 12.3 Å². The summed E-state index contributed by atoms with van der Waals surface area (Å²) >= 11 is 0. The molecule has 2 saturated heterocycles. The number of aromatic nitrogens is 2. The molecular weight excluding hydrogens is 586 g/mol. The Morgan fingerprint density at radius 1 is 0.957 bits per heavy atom. The first-order valence-corrected chi connectivity index (χ1v) is 15.6. The van der Waals surface area contributed by atoms with E-state index in [0.717, 1.165) is 60.6 Å². The molecule has 4 aliphatic rings. The average Bonchev–Trinajstić information content (AvgIpc) is 3.28. The molecule has 1 saturated carbocycles. The van der Waals surface area contributed by atoms with Crippen molar-refractivity contribution < 1.29 is 19.2 Å². The fourth-order valence-electron chi connectivity index (χ4n) is 6.47. The van der Waals surface area contributed by atoms with Crippen LogP contribution in [0.3, 0.4) is 0 Å². The molecule has 3 aliphatic heterocycles. The van der Waals surface area contributed by atoms with Crippen molar-refractivity contribution in [2.75, 3.05) is 43.4 Å². The van der Waals surface area contributed by atoms with E-state index in [4.69, 9.17) is 10.4 Å². The Hall–Kier alpha value is -5.17. The molecule has 3 fully saturated rings. The third-order valence-electron chi connectivity index (χ3n) is 9.27. The van der Waals surface area contributed by atoms with Gasteiger partial charge in [-0.2, -0.15) is 0 Å². The molecule has 4 heterocycles. The maximum Gasteiger partial charge on any atom is 0.262 e. The van der Waals surface area contributed by atoms with Crippen molar-refractivity contribution in [1.82, 2.24) is 30.4 Å². The minimum atomic E-state index is -0.987. The van der Waals surface area contributed by atoms with Crippen molar-refractivity contribution in [3.8, 4) is 0 Å². The van der Waals surface area contributed by atoms with E-state index in [9.17, 15) is 19.2 Å². The number of nitrogens with zero attached hydrogens (tertiary/aromatic N) is 5. The number of allylic oxidation sites excluding steroid dienone is 1. The van der Waals surface area contributed by atoms with E-state index in [0.29, 0.717) is 17.0 Å². The second kappa shape index (κ2) is 12.0. The first-order valence-electron chi connectivity index (χ1n) is 15.6. The highest BCUT2D eigenvalue weighted by Crippen LogP contribution is 2.32. The lowest BCUT2D eigenvalue weighted by Gasteiger charge is -2.37. The molecule has 46 heavy (non-hydrogen) atoms. The Balaban J connectivity index is 0.962. The second-order valence-electron chi connectivity index (χ2n) is 12.3.